The lowest BCUT2D eigenvalue weighted by Crippen LogP contribution is -2.30. The first-order chi connectivity index (χ1) is 13.1. The van der Waals surface area contributed by atoms with Crippen LogP contribution in [0.25, 0.3) is 0 Å². The van der Waals surface area contributed by atoms with Gasteiger partial charge in [-0.3, -0.25) is 9.78 Å². The van der Waals surface area contributed by atoms with Gasteiger partial charge in [-0.15, -0.1) is 0 Å². The van der Waals surface area contributed by atoms with Crippen LogP contribution >= 0.6 is 11.6 Å². The third kappa shape index (κ3) is 4.38. The number of benzene rings is 2. The fourth-order valence-corrected chi connectivity index (χ4v) is 2.94. The molecule has 0 aliphatic carbocycles. The van der Waals surface area contributed by atoms with Gasteiger partial charge in [0.15, 0.2) is 0 Å². The average Bonchev–Trinajstić information content (AvgIpc) is 2.70. The number of amides is 1. The Morgan fingerprint density at radius 1 is 1.15 bits per heavy atom. The Balaban J connectivity index is 1.87. The number of nitrogens with zero attached hydrogens (tertiary/aromatic N) is 2. The Kier molecular flexibility index (Phi) is 5.94. The highest BCUT2D eigenvalue weighted by Crippen LogP contribution is 2.30. The van der Waals surface area contributed by atoms with Crippen molar-refractivity contribution in [1.82, 2.24) is 4.98 Å². The van der Waals surface area contributed by atoms with Crippen molar-refractivity contribution in [3.05, 3.63) is 77.6 Å². The number of carbonyl (C=O) groups is 1. The second-order valence-electron chi connectivity index (χ2n) is 5.82. The zero-order chi connectivity index (χ0) is 19.2. The molecule has 0 fully saturated rings. The van der Waals surface area contributed by atoms with E-state index in [1.54, 1.807) is 48.7 Å². The maximum Gasteiger partial charge on any atom is 0.259 e. The molecule has 0 saturated heterocycles. The maximum atomic E-state index is 13.0. The Labute approximate surface area is 163 Å². The van der Waals surface area contributed by atoms with Crippen LogP contribution in [-0.2, 0) is 0 Å². The minimum atomic E-state index is -0.113. The lowest BCUT2D eigenvalue weighted by Gasteiger charge is -2.21. The number of hydrogen-bond acceptors (Lipinski definition) is 4. The lowest BCUT2D eigenvalue weighted by molar-refractivity contribution is 0.0988. The van der Waals surface area contributed by atoms with Gasteiger partial charge in [0.2, 0.25) is 0 Å². The highest BCUT2D eigenvalue weighted by molar-refractivity contribution is 6.31. The Bertz CT molecular complexity index is 932. The van der Waals surface area contributed by atoms with Crippen LogP contribution in [0, 0.1) is 0 Å². The number of hydrogen-bond donors (Lipinski definition) is 1. The van der Waals surface area contributed by atoms with Crippen LogP contribution in [0.5, 0.6) is 5.75 Å². The molecule has 0 unspecified atom stereocenters. The van der Waals surface area contributed by atoms with E-state index in [1.165, 1.54) is 0 Å². The van der Waals surface area contributed by atoms with E-state index in [0.29, 0.717) is 34.3 Å². The molecule has 0 bridgehead atoms. The van der Waals surface area contributed by atoms with E-state index in [4.69, 9.17) is 16.3 Å². The number of ether oxygens (including phenoxy) is 1. The summed E-state index contributed by atoms with van der Waals surface area (Å²) in [4.78, 5) is 18.9. The second kappa shape index (κ2) is 8.56. The van der Waals surface area contributed by atoms with Crippen molar-refractivity contribution in [1.29, 1.82) is 0 Å². The van der Waals surface area contributed by atoms with E-state index < -0.39 is 0 Å². The van der Waals surface area contributed by atoms with Gasteiger partial charge in [0.25, 0.3) is 5.91 Å². The number of aromatic nitrogens is 1. The third-order valence-corrected chi connectivity index (χ3v) is 4.29. The second-order valence-corrected chi connectivity index (χ2v) is 6.25. The number of methoxy groups -OCH3 is 1. The van der Waals surface area contributed by atoms with Crippen LogP contribution in [0.3, 0.4) is 0 Å². The Hall–Kier alpha value is -3.05. The average molecular weight is 382 g/mol. The number of carbonyl (C=O) groups excluding carboxylic acids is 1. The summed E-state index contributed by atoms with van der Waals surface area (Å²) >= 11 is 6.08. The summed E-state index contributed by atoms with van der Waals surface area (Å²) in [5, 5.41) is 3.80. The minimum Gasteiger partial charge on any atom is -0.495 e. The number of halogens is 1. The predicted molar refractivity (Wildman–Crippen MR) is 109 cm³/mol. The zero-order valence-electron chi connectivity index (χ0n) is 15.1. The van der Waals surface area contributed by atoms with E-state index in [-0.39, 0.29) is 5.91 Å². The maximum absolute atomic E-state index is 13.0. The van der Waals surface area contributed by atoms with Crippen molar-refractivity contribution in [2.75, 3.05) is 23.9 Å². The summed E-state index contributed by atoms with van der Waals surface area (Å²) < 4.78 is 5.35. The molecule has 0 aliphatic heterocycles. The molecular formula is C21H20ClN3O2. The van der Waals surface area contributed by atoms with Gasteiger partial charge in [0, 0.05) is 23.5 Å². The molecule has 2 aromatic carbocycles. The van der Waals surface area contributed by atoms with Gasteiger partial charge in [-0.1, -0.05) is 29.8 Å². The fourth-order valence-electron chi connectivity index (χ4n) is 2.77. The number of pyridine rings is 1. The van der Waals surface area contributed by atoms with Crippen molar-refractivity contribution in [2.24, 2.45) is 0 Å². The highest BCUT2D eigenvalue weighted by Gasteiger charge is 2.17. The van der Waals surface area contributed by atoms with Crippen LogP contribution in [0.1, 0.15) is 17.3 Å². The van der Waals surface area contributed by atoms with Gasteiger partial charge in [-0.25, -0.2) is 0 Å². The summed E-state index contributed by atoms with van der Waals surface area (Å²) in [5.74, 6) is 0.536. The highest BCUT2D eigenvalue weighted by atomic mass is 35.5. The van der Waals surface area contributed by atoms with Crippen LogP contribution < -0.4 is 15.0 Å². The molecule has 0 atom stereocenters. The van der Waals surface area contributed by atoms with E-state index in [9.17, 15) is 4.79 Å². The molecule has 1 heterocycles. The van der Waals surface area contributed by atoms with Gasteiger partial charge >= 0.3 is 0 Å². The molecule has 6 heteroatoms. The molecule has 3 aromatic rings. The number of rotatable bonds is 6. The topological polar surface area (TPSA) is 54.5 Å². The van der Waals surface area contributed by atoms with Gasteiger partial charge in [0.05, 0.1) is 30.2 Å². The van der Waals surface area contributed by atoms with Crippen LogP contribution in [-0.4, -0.2) is 24.5 Å². The normalized spacial score (nSPS) is 10.3. The van der Waals surface area contributed by atoms with Crippen molar-refractivity contribution in [3.8, 4) is 5.75 Å². The van der Waals surface area contributed by atoms with E-state index in [2.05, 4.69) is 10.3 Å². The smallest absolute Gasteiger partial charge is 0.259 e. The molecule has 27 heavy (non-hydrogen) atoms. The first-order valence-corrected chi connectivity index (χ1v) is 8.92. The number of nitrogens with one attached hydrogen (secondary N) is 1. The largest absolute Gasteiger partial charge is 0.495 e. The standard InChI is InChI=1S/C21H20ClN3O2/c1-3-25(18-7-5-4-6-8-18)21(26)15-11-17(14-23-13-15)24-19-12-16(22)9-10-20(19)27-2/h4-14,24H,3H2,1-2H3. The molecule has 1 N–H and O–H groups in total. The van der Waals surface area contributed by atoms with Crippen LogP contribution in [0.2, 0.25) is 5.02 Å². The van der Waals surface area contributed by atoms with Crippen molar-refractivity contribution in [2.45, 2.75) is 6.92 Å². The van der Waals surface area contributed by atoms with Crippen molar-refractivity contribution < 1.29 is 9.53 Å². The lowest BCUT2D eigenvalue weighted by atomic mass is 10.2. The number of anilines is 3. The Morgan fingerprint density at radius 3 is 2.63 bits per heavy atom. The molecule has 0 saturated carbocycles. The molecule has 1 aromatic heterocycles. The Morgan fingerprint density at radius 2 is 1.93 bits per heavy atom. The first-order valence-electron chi connectivity index (χ1n) is 8.55. The third-order valence-electron chi connectivity index (χ3n) is 4.05. The van der Waals surface area contributed by atoms with E-state index >= 15 is 0 Å². The fraction of sp³-hybridized carbons (Fsp3) is 0.143. The van der Waals surface area contributed by atoms with Gasteiger partial charge in [-0.2, -0.15) is 0 Å². The summed E-state index contributed by atoms with van der Waals surface area (Å²) in [6, 6.07) is 16.6. The van der Waals surface area contributed by atoms with Gasteiger partial charge < -0.3 is 15.0 Å². The molecule has 138 valence electrons. The van der Waals surface area contributed by atoms with Crippen LogP contribution in [0.4, 0.5) is 17.1 Å². The van der Waals surface area contributed by atoms with Gasteiger partial charge in [0.1, 0.15) is 5.75 Å². The zero-order valence-corrected chi connectivity index (χ0v) is 15.9. The van der Waals surface area contributed by atoms with Crippen molar-refractivity contribution >= 4 is 34.6 Å². The van der Waals surface area contributed by atoms with Gasteiger partial charge in [-0.05, 0) is 43.3 Å². The molecule has 3 rings (SSSR count). The molecule has 0 spiro atoms. The first kappa shape index (κ1) is 18.7. The van der Waals surface area contributed by atoms with E-state index in [0.717, 1.165) is 5.69 Å². The summed E-state index contributed by atoms with van der Waals surface area (Å²) in [6.45, 7) is 2.50. The monoisotopic (exact) mass is 381 g/mol. The molecule has 0 radical (unpaired) electrons. The summed E-state index contributed by atoms with van der Waals surface area (Å²) in [7, 11) is 1.59. The predicted octanol–water partition coefficient (Wildman–Crippen LogP) is 5.15. The molecule has 0 aliphatic rings. The minimum absolute atomic E-state index is 0.113. The van der Waals surface area contributed by atoms with E-state index in [1.807, 2.05) is 37.3 Å². The SMILES string of the molecule is CCN(C(=O)c1cncc(Nc2cc(Cl)ccc2OC)c1)c1ccccc1. The quantitative estimate of drug-likeness (QED) is 0.641. The summed E-state index contributed by atoms with van der Waals surface area (Å²) in [5.41, 5.74) is 2.71. The number of para-hydroxylation sites is 1. The van der Waals surface area contributed by atoms with Crippen molar-refractivity contribution in [3.63, 3.8) is 0 Å². The molecule has 5 nitrogen and oxygen atoms in total. The molecular weight excluding hydrogens is 362 g/mol. The molecule has 1 amide bonds. The van der Waals surface area contributed by atoms with Crippen LogP contribution in [0.15, 0.2) is 67.0 Å². The summed E-state index contributed by atoms with van der Waals surface area (Å²) in [6.07, 6.45) is 3.21.